The van der Waals surface area contributed by atoms with Gasteiger partial charge < -0.3 is 10.4 Å². The lowest BCUT2D eigenvalue weighted by Crippen LogP contribution is -2.37. The van der Waals surface area contributed by atoms with Gasteiger partial charge in [0.15, 0.2) is 0 Å². The SMILES string of the molecule is O=C(NCC1CCCC1C(=O)O)C1CCCCC1. The van der Waals surface area contributed by atoms with Gasteiger partial charge in [-0.15, -0.1) is 0 Å². The van der Waals surface area contributed by atoms with Crippen molar-refractivity contribution in [1.29, 1.82) is 0 Å². The van der Waals surface area contributed by atoms with Gasteiger partial charge in [-0.2, -0.15) is 0 Å². The standard InChI is InChI=1S/C14H23NO3/c16-13(10-5-2-1-3-6-10)15-9-11-7-4-8-12(11)14(17)18/h10-12H,1-9H2,(H,15,16)(H,17,18). The first-order chi connectivity index (χ1) is 8.68. The molecule has 2 rings (SSSR count). The third-order valence-corrected chi connectivity index (χ3v) is 4.49. The van der Waals surface area contributed by atoms with Gasteiger partial charge in [-0.25, -0.2) is 0 Å². The summed E-state index contributed by atoms with van der Waals surface area (Å²) >= 11 is 0. The third-order valence-electron chi connectivity index (χ3n) is 4.49. The van der Waals surface area contributed by atoms with Crippen LogP contribution in [0.15, 0.2) is 0 Å². The van der Waals surface area contributed by atoms with Gasteiger partial charge in [0, 0.05) is 12.5 Å². The van der Waals surface area contributed by atoms with Gasteiger partial charge >= 0.3 is 5.97 Å². The van der Waals surface area contributed by atoms with Crippen LogP contribution < -0.4 is 5.32 Å². The summed E-state index contributed by atoms with van der Waals surface area (Å²) in [7, 11) is 0. The average Bonchev–Trinajstić information content (AvgIpc) is 2.85. The van der Waals surface area contributed by atoms with Gasteiger partial charge in [0.1, 0.15) is 0 Å². The third kappa shape index (κ3) is 3.24. The van der Waals surface area contributed by atoms with E-state index in [1.807, 2.05) is 0 Å². The van der Waals surface area contributed by atoms with Gasteiger partial charge in [0.25, 0.3) is 0 Å². The quantitative estimate of drug-likeness (QED) is 0.807. The van der Waals surface area contributed by atoms with Crippen LogP contribution in [0.1, 0.15) is 51.4 Å². The zero-order valence-electron chi connectivity index (χ0n) is 10.9. The lowest BCUT2D eigenvalue weighted by molar-refractivity contribution is -0.143. The first-order valence-corrected chi connectivity index (χ1v) is 7.19. The van der Waals surface area contributed by atoms with E-state index in [9.17, 15) is 9.59 Å². The Morgan fingerprint density at radius 3 is 2.39 bits per heavy atom. The molecule has 2 unspecified atom stereocenters. The van der Waals surface area contributed by atoms with Crippen molar-refractivity contribution >= 4 is 11.9 Å². The van der Waals surface area contributed by atoms with Crippen LogP contribution in [-0.2, 0) is 9.59 Å². The molecule has 0 radical (unpaired) electrons. The van der Waals surface area contributed by atoms with Crippen LogP contribution in [-0.4, -0.2) is 23.5 Å². The summed E-state index contributed by atoms with van der Waals surface area (Å²) in [6, 6.07) is 0. The number of hydrogen-bond acceptors (Lipinski definition) is 2. The van der Waals surface area contributed by atoms with E-state index in [2.05, 4.69) is 5.32 Å². The molecule has 4 heteroatoms. The van der Waals surface area contributed by atoms with E-state index in [-0.39, 0.29) is 23.7 Å². The molecule has 2 atom stereocenters. The highest BCUT2D eigenvalue weighted by atomic mass is 16.4. The molecular formula is C14H23NO3. The molecular weight excluding hydrogens is 230 g/mol. The van der Waals surface area contributed by atoms with Gasteiger partial charge in [-0.1, -0.05) is 25.7 Å². The van der Waals surface area contributed by atoms with E-state index < -0.39 is 5.97 Å². The fourth-order valence-corrected chi connectivity index (χ4v) is 3.35. The van der Waals surface area contributed by atoms with Crippen LogP contribution in [0.25, 0.3) is 0 Å². The average molecular weight is 253 g/mol. The fourth-order valence-electron chi connectivity index (χ4n) is 3.35. The van der Waals surface area contributed by atoms with E-state index in [1.54, 1.807) is 0 Å². The van der Waals surface area contributed by atoms with E-state index in [0.717, 1.165) is 44.9 Å². The number of rotatable bonds is 4. The molecule has 2 aliphatic carbocycles. The monoisotopic (exact) mass is 253 g/mol. The first-order valence-electron chi connectivity index (χ1n) is 7.19. The molecule has 2 aliphatic rings. The molecule has 0 bridgehead atoms. The summed E-state index contributed by atoms with van der Waals surface area (Å²) in [5, 5.41) is 12.1. The molecule has 2 saturated carbocycles. The zero-order chi connectivity index (χ0) is 13.0. The van der Waals surface area contributed by atoms with Crippen LogP contribution in [0.5, 0.6) is 0 Å². The summed E-state index contributed by atoms with van der Waals surface area (Å²) in [6.45, 7) is 0.548. The topological polar surface area (TPSA) is 66.4 Å². The van der Waals surface area contributed by atoms with Crippen LogP contribution >= 0.6 is 0 Å². The van der Waals surface area contributed by atoms with Gasteiger partial charge in [0.05, 0.1) is 5.92 Å². The van der Waals surface area contributed by atoms with Crippen LogP contribution in [0.3, 0.4) is 0 Å². The lowest BCUT2D eigenvalue weighted by Gasteiger charge is -2.22. The van der Waals surface area contributed by atoms with E-state index >= 15 is 0 Å². The zero-order valence-corrected chi connectivity index (χ0v) is 10.9. The first kappa shape index (κ1) is 13.4. The second-order valence-electron chi connectivity index (χ2n) is 5.72. The van der Waals surface area contributed by atoms with Crippen molar-refractivity contribution in [3.05, 3.63) is 0 Å². The number of carbonyl (C=O) groups excluding carboxylic acids is 1. The molecule has 18 heavy (non-hydrogen) atoms. The molecule has 102 valence electrons. The smallest absolute Gasteiger partial charge is 0.306 e. The Morgan fingerprint density at radius 1 is 1.00 bits per heavy atom. The Hall–Kier alpha value is -1.06. The predicted octanol–water partition coefficient (Wildman–Crippen LogP) is 2.18. The van der Waals surface area contributed by atoms with Gasteiger partial charge in [0.2, 0.25) is 5.91 Å². The molecule has 0 spiro atoms. The molecule has 0 aliphatic heterocycles. The number of carboxylic acid groups (broad SMARTS) is 1. The summed E-state index contributed by atoms with van der Waals surface area (Å²) in [5.41, 5.74) is 0. The Bertz CT molecular complexity index is 310. The molecule has 0 saturated heterocycles. The molecule has 2 N–H and O–H groups in total. The molecule has 0 aromatic carbocycles. The Kier molecular flexibility index (Phi) is 4.61. The minimum Gasteiger partial charge on any atom is -0.481 e. The molecule has 0 aromatic heterocycles. The summed E-state index contributed by atoms with van der Waals surface area (Å²) in [6.07, 6.45) is 8.21. The van der Waals surface area contributed by atoms with Gasteiger partial charge in [-0.3, -0.25) is 9.59 Å². The molecule has 1 amide bonds. The Labute approximate surface area is 108 Å². The second-order valence-corrected chi connectivity index (χ2v) is 5.72. The maximum atomic E-state index is 12.0. The summed E-state index contributed by atoms with van der Waals surface area (Å²) in [5.74, 6) is -0.509. The molecule has 2 fully saturated rings. The van der Waals surface area contributed by atoms with Crippen molar-refractivity contribution < 1.29 is 14.7 Å². The van der Waals surface area contributed by atoms with Crippen LogP contribution in [0, 0.1) is 17.8 Å². The normalized spacial score (nSPS) is 29.1. The number of hydrogen-bond donors (Lipinski definition) is 2. The molecule has 4 nitrogen and oxygen atoms in total. The number of nitrogens with one attached hydrogen (secondary N) is 1. The molecule has 0 heterocycles. The summed E-state index contributed by atoms with van der Waals surface area (Å²) < 4.78 is 0. The van der Waals surface area contributed by atoms with Crippen molar-refractivity contribution in [3.8, 4) is 0 Å². The second kappa shape index (κ2) is 6.21. The summed E-state index contributed by atoms with van der Waals surface area (Å²) in [4.78, 5) is 23.0. The predicted molar refractivity (Wildman–Crippen MR) is 68.1 cm³/mol. The number of amides is 1. The van der Waals surface area contributed by atoms with Crippen molar-refractivity contribution in [3.63, 3.8) is 0 Å². The van der Waals surface area contributed by atoms with E-state index in [0.29, 0.717) is 6.54 Å². The minimum atomic E-state index is -0.704. The fraction of sp³-hybridized carbons (Fsp3) is 0.857. The maximum absolute atomic E-state index is 12.0. The maximum Gasteiger partial charge on any atom is 0.306 e. The number of carbonyl (C=O) groups is 2. The lowest BCUT2D eigenvalue weighted by atomic mass is 9.88. The Balaban J connectivity index is 1.76. The van der Waals surface area contributed by atoms with Crippen molar-refractivity contribution in [2.24, 2.45) is 17.8 Å². The van der Waals surface area contributed by atoms with E-state index in [4.69, 9.17) is 5.11 Å². The molecule has 0 aromatic rings. The highest BCUT2D eigenvalue weighted by molar-refractivity contribution is 5.78. The van der Waals surface area contributed by atoms with Gasteiger partial charge in [-0.05, 0) is 31.6 Å². The largest absolute Gasteiger partial charge is 0.481 e. The Morgan fingerprint density at radius 2 is 1.72 bits per heavy atom. The van der Waals surface area contributed by atoms with Crippen LogP contribution in [0.4, 0.5) is 0 Å². The number of aliphatic carboxylic acids is 1. The highest BCUT2D eigenvalue weighted by Crippen LogP contribution is 2.31. The van der Waals surface area contributed by atoms with Crippen molar-refractivity contribution in [2.45, 2.75) is 51.4 Å². The van der Waals surface area contributed by atoms with Crippen molar-refractivity contribution in [2.75, 3.05) is 6.54 Å². The van der Waals surface area contributed by atoms with E-state index in [1.165, 1.54) is 6.42 Å². The number of carboxylic acids is 1. The van der Waals surface area contributed by atoms with Crippen LogP contribution in [0.2, 0.25) is 0 Å². The van der Waals surface area contributed by atoms with Crippen molar-refractivity contribution in [1.82, 2.24) is 5.32 Å². The minimum absolute atomic E-state index is 0.134. The highest BCUT2D eigenvalue weighted by Gasteiger charge is 2.33.